The maximum atomic E-state index is 15.5. The van der Waals surface area contributed by atoms with Crippen LogP contribution in [-0.2, 0) is 22.5 Å². The molecule has 1 aromatic carbocycles. The lowest BCUT2D eigenvalue weighted by Crippen LogP contribution is -2.49. The van der Waals surface area contributed by atoms with Crippen LogP contribution < -0.4 is 10.6 Å². The summed E-state index contributed by atoms with van der Waals surface area (Å²) in [5, 5.41) is 6.39. The molecule has 6 nitrogen and oxygen atoms in total. The fourth-order valence-corrected chi connectivity index (χ4v) is 5.40. The van der Waals surface area contributed by atoms with Gasteiger partial charge in [-0.15, -0.1) is 0 Å². The molecule has 0 bridgehead atoms. The molecule has 3 heterocycles. The number of amides is 2. The Morgan fingerprint density at radius 2 is 2.03 bits per heavy atom. The topological polar surface area (TPSA) is 70.7 Å². The summed E-state index contributed by atoms with van der Waals surface area (Å²) in [6, 6.07) is 3.09. The summed E-state index contributed by atoms with van der Waals surface area (Å²) in [5.74, 6) is -0.0718. The molecule has 1 saturated carbocycles. The van der Waals surface area contributed by atoms with Gasteiger partial charge < -0.3 is 20.3 Å². The standard InChI is InChI=1S/C25H32FN3O3/c1-15-7-10-21(24(30)28-15)29-14-19-18(25(29)31)9-8-17(23(19)26)12-22-20(6-3-11-32-22)27-13-16-4-2-5-16/h8-9,16,20-22,27H,1-7,10-14H2,(H,28,30)/t20-,21?,22+/m0/s1. The van der Waals surface area contributed by atoms with Gasteiger partial charge in [0.25, 0.3) is 5.91 Å². The van der Waals surface area contributed by atoms with E-state index in [1.165, 1.54) is 24.2 Å². The molecule has 32 heavy (non-hydrogen) atoms. The SMILES string of the molecule is C=C1CCC(N2Cc3c(ccc(C[C@H]4OCCC[C@@H]4NCC4CCC4)c3F)C2=O)C(=O)N1. The lowest BCUT2D eigenvalue weighted by molar-refractivity contribution is -0.126. The summed E-state index contributed by atoms with van der Waals surface area (Å²) in [4.78, 5) is 26.8. The molecule has 2 saturated heterocycles. The molecule has 5 rings (SSSR count). The zero-order chi connectivity index (χ0) is 22.2. The second kappa shape index (κ2) is 8.94. The van der Waals surface area contributed by atoms with Crippen LogP contribution in [0.2, 0.25) is 0 Å². The number of nitrogens with zero attached hydrogens (tertiary/aromatic N) is 1. The lowest BCUT2D eigenvalue weighted by atomic mass is 9.85. The first-order chi connectivity index (χ1) is 15.5. The Morgan fingerprint density at radius 3 is 2.78 bits per heavy atom. The molecule has 172 valence electrons. The van der Waals surface area contributed by atoms with Gasteiger partial charge in [-0.25, -0.2) is 4.39 Å². The fourth-order valence-electron chi connectivity index (χ4n) is 5.40. The van der Waals surface area contributed by atoms with Crippen LogP contribution in [0.3, 0.4) is 0 Å². The van der Waals surface area contributed by atoms with Crippen molar-refractivity contribution in [3.05, 3.63) is 46.9 Å². The first kappa shape index (κ1) is 21.6. The number of nitrogens with one attached hydrogen (secondary N) is 2. The number of hydrogen-bond acceptors (Lipinski definition) is 4. The summed E-state index contributed by atoms with van der Waals surface area (Å²) in [6.07, 6.45) is 7.53. The van der Waals surface area contributed by atoms with E-state index in [0.29, 0.717) is 48.3 Å². The van der Waals surface area contributed by atoms with E-state index in [9.17, 15) is 9.59 Å². The predicted octanol–water partition coefficient (Wildman–Crippen LogP) is 3.05. The molecule has 0 radical (unpaired) electrons. The van der Waals surface area contributed by atoms with E-state index < -0.39 is 6.04 Å². The van der Waals surface area contributed by atoms with Gasteiger partial charge in [0.2, 0.25) is 5.91 Å². The highest BCUT2D eigenvalue weighted by atomic mass is 19.1. The van der Waals surface area contributed by atoms with E-state index in [1.54, 1.807) is 12.1 Å². The zero-order valence-electron chi connectivity index (χ0n) is 18.5. The second-order valence-electron chi connectivity index (χ2n) is 9.71. The van der Waals surface area contributed by atoms with Crippen molar-refractivity contribution in [2.45, 2.75) is 76.1 Å². The number of carbonyl (C=O) groups is 2. The second-order valence-corrected chi connectivity index (χ2v) is 9.71. The number of allylic oxidation sites excluding steroid dienone is 1. The number of fused-ring (bicyclic) bond motifs is 1. The van der Waals surface area contributed by atoms with Crippen LogP contribution >= 0.6 is 0 Å². The third-order valence-electron chi connectivity index (χ3n) is 7.60. The molecule has 0 spiro atoms. The van der Waals surface area contributed by atoms with Crippen LogP contribution in [0.25, 0.3) is 0 Å². The van der Waals surface area contributed by atoms with Gasteiger partial charge in [0.1, 0.15) is 11.9 Å². The largest absolute Gasteiger partial charge is 0.376 e. The summed E-state index contributed by atoms with van der Waals surface area (Å²) in [5.41, 5.74) is 2.02. The number of hydrogen-bond donors (Lipinski definition) is 2. The molecule has 4 aliphatic rings. The van der Waals surface area contributed by atoms with Crippen molar-refractivity contribution in [2.75, 3.05) is 13.2 Å². The van der Waals surface area contributed by atoms with Crippen LogP contribution in [0, 0.1) is 11.7 Å². The predicted molar refractivity (Wildman–Crippen MR) is 118 cm³/mol. The van der Waals surface area contributed by atoms with E-state index in [-0.39, 0.29) is 36.3 Å². The normalized spacial score (nSPS) is 28.5. The van der Waals surface area contributed by atoms with Crippen molar-refractivity contribution in [3.63, 3.8) is 0 Å². The monoisotopic (exact) mass is 441 g/mol. The number of halogens is 1. The van der Waals surface area contributed by atoms with Crippen molar-refractivity contribution in [1.82, 2.24) is 15.5 Å². The molecule has 7 heteroatoms. The first-order valence-electron chi connectivity index (χ1n) is 12.0. The van der Waals surface area contributed by atoms with Crippen molar-refractivity contribution in [1.29, 1.82) is 0 Å². The smallest absolute Gasteiger partial charge is 0.255 e. The molecule has 3 atom stereocenters. The van der Waals surface area contributed by atoms with Gasteiger partial charge in [0, 0.05) is 35.9 Å². The molecular formula is C25H32FN3O3. The fraction of sp³-hybridized carbons (Fsp3) is 0.600. The van der Waals surface area contributed by atoms with Gasteiger partial charge >= 0.3 is 0 Å². The maximum absolute atomic E-state index is 15.5. The Balaban J connectivity index is 1.29. The Bertz CT molecular complexity index is 929. The highest BCUT2D eigenvalue weighted by Gasteiger charge is 2.40. The van der Waals surface area contributed by atoms with Gasteiger partial charge in [-0.2, -0.15) is 0 Å². The van der Waals surface area contributed by atoms with Gasteiger partial charge in [0.15, 0.2) is 0 Å². The Hall–Kier alpha value is -2.25. The Labute approximate surface area is 188 Å². The van der Waals surface area contributed by atoms with Crippen LogP contribution in [0.15, 0.2) is 24.4 Å². The average Bonchev–Trinajstić information content (AvgIpc) is 3.07. The average molecular weight is 442 g/mol. The van der Waals surface area contributed by atoms with Crippen LogP contribution in [0.4, 0.5) is 4.39 Å². The van der Waals surface area contributed by atoms with Crippen LogP contribution in [-0.4, -0.2) is 48.1 Å². The van der Waals surface area contributed by atoms with E-state index in [2.05, 4.69) is 17.2 Å². The van der Waals surface area contributed by atoms with E-state index in [1.807, 2.05) is 0 Å². The molecule has 2 amide bonds. The number of benzene rings is 1. The van der Waals surface area contributed by atoms with E-state index in [0.717, 1.165) is 25.3 Å². The zero-order valence-corrected chi connectivity index (χ0v) is 18.5. The molecule has 3 fully saturated rings. The summed E-state index contributed by atoms with van der Waals surface area (Å²) < 4.78 is 21.6. The Morgan fingerprint density at radius 1 is 1.19 bits per heavy atom. The molecule has 1 aromatic rings. The van der Waals surface area contributed by atoms with Gasteiger partial charge in [-0.05, 0) is 62.6 Å². The summed E-state index contributed by atoms with van der Waals surface area (Å²) >= 11 is 0. The number of ether oxygens (including phenoxy) is 1. The van der Waals surface area contributed by atoms with Gasteiger partial charge in [0.05, 0.1) is 12.6 Å². The molecular weight excluding hydrogens is 409 g/mol. The number of rotatable bonds is 6. The summed E-state index contributed by atoms with van der Waals surface area (Å²) in [7, 11) is 0. The molecule has 2 N–H and O–H groups in total. The molecule has 1 unspecified atom stereocenters. The first-order valence-corrected chi connectivity index (χ1v) is 12.0. The van der Waals surface area contributed by atoms with Crippen molar-refractivity contribution < 1.29 is 18.7 Å². The molecule has 3 aliphatic heterocycles. The number of carbonyl (C=O) groups excluding carboxylic acids is 2. The van der Waals surface area contributed by atoms with E-state index in [4.69, 9.17) is 4.74 Å². The van der Waals surface area contributed by atoms with Crippen LogP contribution in [0.5, 0.6) is 0 Å². The third kappa shape index (κ3) is 4.08. The van der Waals surface area contributed by atoms with E-state index >= 15 is 4.39 Å². The van der Waals surface area contributed by atoms with Crippen molar-refractivity contribution in [3.8, 4) is 0 Å². The minimum Gasteiger partial charge on any atom is -0.376 e. The minimum atomic E-state index is -0.579. The van der Waals surface area contributed by atoms with Gasteiger partial charge in [-0.3, -0.25) is 9.59 Å². The third-order valence-corrected chi connectivity index (χ3v) is 7.60. The molecule has 1 aliphatic carbocycles. The lowest BCUT2D eigenvalue weighted by Gasteiger charge is -2.35. The summed E-state index contributed by atoms with van der Waals surface area (Å²) in [6.45, 7) is 5.63. The minimum absolute atomic E-state index is 0.0697. The quantitative estimate of drug-likeness (QED) is 0.712. The van der Waals surface area contributed by atoms with Gasteiger partial charge in [-0.1, -0.05) is 19.1 Å². The highest BCUT2D eigenvalue weighted by Crippen LogP contribution is 2.32. The highest BCUT2D eigenvalue weighted by molar-refractivity contribution is 6.01. The Kier molecular flexibility index (Phi) is 6.03. The maximum Gasteiger partial charge on any atom is 0.255 e. The number of piperidine rings is 1. The van der Waals surface area contributed by atoms with Crippen molar-refractivity contribution >= 4 is 11.8 Å². The van der Waals surface area contributed by atoms with Crippen molar-refractivity contribution in [2.24, 2.45) is 5.92 Å². The molecule has 0 aromatic heterocycles. The van der Waals surface area contributed by atoms with Crippen LogP contribution in [0.1, 0.15) is 66.4 Å².